The predicted octanol–water partition coefficient (Wildman–Crippen LogP) is 2.92. The maximum absolute atomic E-state index is 14.0. The molecule has 4 nitrogen and oxygen atoms in total. The molecule has 2 fully saturated rings. The molecule has 0 radical (unpaired) electrons. The second-order valence-corrected chi connectivity index (χ2v) is 5.98. The standard InChI is InChI=1S/C16H19FN2O2/c17-12-8-19(11-4-3-5-11)9-15(12)20-10-16-18-13-6-1-2-7-14(13)21-16/h1-2,6-7,11-12,15H,3-5,8-10H2. The third kappa shape index (κ3) is 2.56. The lowest BCUT2D eigenvalue weighted by molar-refractivity contribution is 0.000389. The summed E-state index contributed by atoms with van der Waals surface area (Å²) in [5.41, 5.74) is 1.56. The van der Waals surface area contributed by atoms with Gasteiger partial charge in [0.15, 0.2) is 5.58 Å². The van der Waals surface area contributed by atoms with Crippen LogP contribution in [0, 0.1) is 0 Å². The van der Waals surface area contributed by atoms with E-state index in [1.807, 2.05) is 24.3 Å². The van der Waals surface area contributed by atoms with Gasteiger partial charge in [-0.05, 0) is 25.0 Å². The Kier molecular flexibility index (Phi) is 3.39. The molecule has 0 N–H and O–H groups in total. The lowest BCUT2D eigenvalue weighted by Crippen LogP contribution is -2.39. The molecule has 1 aliphatic carbocycles. The first-order chi connectivity index (χ1) is 10.3. The lowest BCUT2D eigenvalue weighted by Gasteiger charge is -2.34. The Hall–Kier alpha value is -1.46. The number of ether oxygens (including phenoxy) is 1. The smallest absolute Gasteiger partial charge is 0.221 e. The number of oxazole rings is 1. The molecule has 1 aliphatic heterocycles. The first-order valence-corrected chi connectivity index (χ1v) is 7.64. The molecule has 112 valence electrons. The highest BCUT2D eigenvalue weighted by molar-refractivity contribution is 5.72. The number of benzene rings is 1. The summed E-state index contributed by atoms with van der Waals surface area (Å²) in [4.78, 5) is 6.58. The molecule has 1 saturated heterocycles. The van der Waals surface area contributed by atoms with E-state index in [9.17, 15) is 4.39 Å². The summed E-state index contributed by atoms with van der Waals surface area (Å²) in [5.74, 6) is 0.519. The van der Waals surface area contributed by atoms with Crippen molar-refractivity contribution in [3.8, 4) is 0 Å². The average molecular weight is 290 g/mol. The van der Waals surface area contributed by atoms with Gasteiger partial charge < -0.3 is 9.15 Å². The number of alkyl halides is 1. The van der Waals surface area contributed by atoms with Crippen LogP contribution in [-0.2, 0) is 11.3 Å². The average Bonchev–Trinajstić information content (AvgIpc) is 2.98. The van der Waals surface area contributed by atoms with Gasteiger partial charge in [0.25, 0.3) is 0 Å². The van der Waals surface area contributed by atoms with Crippen molar-refractivity contribution in [2.75, 3.05) is 13.1 Å². The molecule has 0 amide bonds. The van der Waals surface area contributed by atoms with E-state index in [0.29, 0.717) is 25.0 Å². The van der Waals surface area contributed by atoms with Crippen LogP contribution >= 0.6 is 0 Å². The van der Waals surface area contributed by atoms with Crippen molar-refractivity contribution in [3.63, 3.8) is 0 Å². The summed E-state index contributed by atoms with van der Waals surface area (Å²) in [5, 5.41) is 0. The summed E-state index contributed by atoms with van der Waals surface area (Å²) in [6.45, 7) is 1.42. The van der Waals surface area contributed by atoms with Crippen molar-refractivity contribution in [1.29, 1.82) is 0 Å². The molecule has 1 saturated carbocycles. The van der Waals surface area contributed by atoms with Crippen LogP contribution in [0.2, 0.25) is 0 Å². The minimum Gasteiger partial charge on any atom is -0.438 e. The highest BCUT2D eigenvalue weighted by atomic mass is 19.1. The Balaban J connectivity index is 1.37. The molecular weight excluding hydrogens is 271 g/mol. The van der Waals surface area contributed by atoms with Gasteiger partial charge in [-0.2, -0.15) is 0 Å². The predicted molar refractivity (Wildman–Crippen MR) is 76.7 cm³/mol. The van der Waals surface area contributed by atoms with Crippen LogP contribution in [0.15, 0.2) is 28.7 Å². The van der Waals surface area contributed by atoms with Crippen molar-refractivity contribution in [3.05, 3.63) is 30.2 Å². The summed E-state index contributed by atoms with van der Waals surface area (Å²) in [6, 6.07) is 8.16. The van der Waals surface area contributed by atoms with Gasteiger partial charge in [-0.15, -0.1) is 0 Å². The molecule has 2 heterocycles. The zero-order valence-electron chi connectivity index (χ0n) is 11.9. The first-order valence-electron chi connectivity index (χ1n) is 7.64. The van der Waals surface area contributed by atoms with Gasteiger partial charge in [0.2, 0.25) is 5.89 Å². The van der Waals surface area contributed by atoms with E-state index in [0.717, 1.165) is 11.1 Å². The van der Waals surface area contributed by atoms with Crippen LogP contribution in [-0.4, -0.2) is 41.3 Å². The monoisotopic (exact) mass is 290 g/mol. The number of aromatic nitrogens is 1. The molecule has 2 atom stereocenters. The minimum absolute atomic E-state index is 0.234. The zero-order chi connectivity index (χ0) is 14.2. The van der Waals surface area contributed by atoms with Gasteiger partial charge in [-0.25, -0.2) is 9.37 Å². The summed E-state index contributed by atoms with van der Waals surface area (Å²) < 4.78 is 25.4. The van der Waals surface area contributed by atoms with Crippen LogP contribution < -0.4 is 0 Å². The van der Waals surface area contributed by atoms with Gasteiger partial charge in [0, 0.05) is 19.1 Å². The quantitative estimate of drug-likeness (QED) is 0.868. The topological polar surface area (TPSA) is 38.5 Å². The number of para-hydroxylation sites is 2. The van der Waals surface area contributed by atoms with Crippen molar-refractivity contribution >= 4 is 11.1 Å². The van der Waals surface area contributed by atoms with Crippen molar-refractivity contribution in [1.82, 2.24) is 9.88 Å². The lowest BCUT2D eigenvalue weighted by atomic mass is 9.92. The molecule has 5 heteroatoms. The zero-order valence-corrected chi connectivity index (χ0v) is 11.9. The molecule has 0 spiro atoms. The highest BCUT2D eigenvalue weighted by Crippen LogP contribution is 2.30. The number of nitrogens with zero attached hydrogens (tertiary/aromatic N) is 2. The Morgan fingerprint density at radius 3 is 2.90 bits per heavy atom. The molecular formula is C16H19FN2O2. The molecule has 1 aromatic carbocycles. The molecule has 0 bridgehead atoms. The third-order valence-electron chi connectivity index (χ3n) is 4.58. The number of likely N-dealkylation sites (tertiary alicyclic amines) is 1. The Bertz CT molecular complexity index is 593. The van der Waals surface area contributed by atoms with Crippen LogP contribution in [0.25, 0.3) is 11.1 Å². The second-order valence-electron chi connectivity index (χ2n) is 5.98. The van der Waals surface area contributed by atoms with Crippen molar-refractivity contribution < 1.29 is 13.5 Å². The van der Waals surface area contributed by atoms with E-state index in [4.69, 9.17) is 9.15 Å². The van der Waals surface area contributed by atoms with E-state index in [1.54, 1.807) is 0 Å². The van der Waals surface area contributed by atoms with Crippen LogP contribution in [0.1, 0.15) is 25.2 Å². The molecule has 4 rings (SSSR count). The number of hydrogen-bond acceptors (Lipinski definition) is 4. The third-order valence-corrected chi connectivity index (χ3v) is 4.58. The number of rotatable bonds is 4. The number of hydrogen-bond donors (Lipinski definition) is 0. The summed E-state index contributed by atoms with van der Waals surface area (Å²) in [6.07, 6.45) is 2.40. The maximum Gasteiger partial charge on any atom is 0.221 e. The van der Waals surface area contributed by atoms with E-state index >= 15 is 0 Å². The van der Waals surface area contributed by atoms with E-state index in [-0.39, 0.29) is 12.7 Å². The Morgan fingerprint density at radius 2 is 2.14 bits per heavy atom. The first kappa shape index (κ1) is 13.2. The number of fused-ring (bicyclic) bond motifs is 1. The van der Waals surface area contributed by atoms with Gasteiger partial charge in [-0.3, -0.25) is 4.90 Å². The fraction of sp³-hybridized carbons (Fsp3) is 0.562. The molecule has 2 unspecified atom stereocenters. The summed E-state index contributed by atoms with van der Waals surface area (Å²) in [7, 11) is 0. The van der Waals surface area contributed by atoms with Gasteiger partial charge in [0.05, 0.1) is 0 Å². The van der Waals surface area contributed by atoms with E-state index < -0.39 is 6.17 Å². The Morgan fingerprint density at radius 1 is 1.29 bits per heavy atom. The molecule has 2 aliphatic rings. The second kappa shape index (κ2) is 5.39. The van der Waals surface area contributed by atoms with E-state index in [2.05, 4.69) is 9.88 Å². The van der Waals surface area contributed by atoms with Crippen molar-refractivity contribution in [2.24, 2.45) is 0 Å². The summed E-state index contributed by atoms with van der Waals surface area (Å²) >= 11 is 0. The molecule has 1 aromatic heterocycles. The van der Waals surface area contributed by atoms with Gasteiger partial charge in [0.1, 0.15) is 24.4 Å². The minimum atomic E-state index is -0.907. The van der Waals surface area contributed by atoms with Gasteiger partial charge in [-0.1, -0.05) is 18.6 Å². The van der Waals surface area contributed by atoms with Crippen molar-refractivity contribution in [2.45, 2.75) is 44.2 Å². The largest absolute Gasteiger partial charge is 0.438 e. The highest BCUT2D eigenvalue weighted by Gasteiger charge is 2.38. The SMILES string of the molecule is FC1CN(C2CCC2)CC1OCc1nc2ccccc2o1. The van der Waals surface area contributed by atoms with Gasteiger partial charge >= 0.3 is 0 Å². The molecule has 2 aromatic rings. The van der Waals surface area contributed by atoms with Crippen LogP contribution in [0.4, 0.5) is 4.39 Å². The maximum atomic E-state index is 14.0. The number of halogens is 1. The fourth-order valence-electron chi connectivity index (χ4n) is 3.13. The normalized spacial score (nSPS) is 27.3. The van der Waals surface area contributed by atoms with Crippen LogP contribution in [0.3, 0.4) is 0 Å². The Labute approximate surface area is 122 Å². The van der Waals surface area contributed by atoms with Crippen LogP contribution in [0.5, 0.6) is 0 Å². The van der Waals surface area contributed by atoms with E-state index in [1.165, 1.54) is 19.3 Å². The fourth-order valence-corrected chi connectivity index (χ4v) is 3.13. The molecule has 21 heavy (non-hydrogen) atoms.